The normalized spacial score (nSPS) is 10.3. The molecule has 1 heterocycles. The second-order valence-electron chi connectivity index (χ2n) is 4.16. The summed E-state index contributed by atoms with van der Waals surface area (Å²) >= 11 is 0. The summed E-state index contributed by atoms with van der Waals surface area (Å²) < 4.78 is 31.5. The zero-order valence-electron chi connectivity index (χ0n) is 12.9. The van der Waals surface area contributed by atoms with Gasteiger partial charge in [0.05, 0.1) is 5.69 Å². The highest BCUT2D eigenvalue weighted by Gasteiger charge is 1.99. The number of carbonyl (C=O) groups excluding carboxylic acids is 1. The number of azo groups is 1. The molecule has 0 saturated heterocycles. The van der Waals surface area contributed by atoms with Crippen molar-refractivity contribution in [1.82, 2.24) is 4.98 Å². The Bertz CT molecular complexity index is 830. The van der Waals surface area contributed by atoms with E-state index in [-0.39, 0.29) is 18.2 Å². The minimum Gasteiger partial charge on any atom is -0.716 e. The summed E-state index contributed by atoms with van der Waals surface area (Å²) in [4.78, 5) is 13.5. The average molecular weight is 389 g/mol. The van der Waals surface area contributed by atoms with Crippen LogP contribution in [-0.2, 0) is 19.4 Å². The van der Waals surface area contributed by atoms with E-state index in [1.807, 2.05) is 30.3 Å². The van der Waals surface area contributed by atoms with Crippen molar-refractivity contribution in [2.45, 2.75) is 6.92 Å². The van der Waals surface area contributed by atoms with Gasteiger partial charge in [0, 0.05) is 6.92 Å². The second-order valence-corrected chi connectivity index (χ2v) is 5.14. The quantitative estimate of drug-likeness (QED) is 0.456. The van der Waals surface area contributed by atoms with Crippen LogP contribution in [-0.4, -0.2) is 23.9 Å². The smallest absolute Gasteiger partial charge is 0.318 e. The van der Waals surface area contributed by atoms with E-state index >= 15 is 0 Å². The highest BCUT2D eigenvalue weighted by atomic mass is 35.5. The number of hydrogen-bond acceptors (Lipinski definition) is 10. The molecule has 2 aromatic rings. The predicted octanol–water partition coefficient (Wildman–Crippen LogP) is 2.09. The van der Waals surface area contributed by atoms with E-state index in [1.165, 1.54) is 0 Å². The summed E-state index contributed by atoms with van der Waals surface area (Å²) in [6.45, 7) is 0.829. The van der Waals surface area contributed by atoms with Gasteiger partial charge in [-0.05, 0) is 24.3 Å². The number of pyridine rings is 1. The third kappa shape index (κ3) is 9.86. The lowest BCUT2D eigenvalue weighted by molar-refractivity contribution is -0.131. The third-order valence-corrected chi connectivity index (χ3v) is 2.61. The van der Waals surface area contributed by atoms with Crippen LogP contribution in [0.15, 0.2) is 52.7 Å². The van der Waals surface area contributed by atoms with Gasteiger partial charge in [-0.15, -0.1) is 17.5 Å². The molecule has 10 nitrogen and oxygen atoms in total. The fourth-order valence-electron chi connectivity index (χ4n) is 1.32. The van der Waals surface area contributed by atoms with Crippen LogP contribution in [0.4, 0.5) is 23.0 Å². The number of rotatable bonds is 3. The Morgan fingerprint density at radius 1 is 1.12 bits per heavy atom. The highest BCUT2D eigenvalue weighted by molar-refractivity contribution is 7.81. The molecule has 0 amide bonds. The number of carbonyl (C=O) groups is 1. The van der Waals surface area contributed by atoms with Crippen molar-refractivity contribution in [3.05, 3.63) is 42.5 Å². The van der Waals surface area contributed by atoms with Crippen LogP contribution in [0.5, 0.6) is 0 Å². The number of nitrogens with zero attached hydrogens (tertiary/aromatic N) is 3. The Morgan fingerprint density at radius 3 is 2.16 bits per heavy atom. The maximum Gasteiger partial charge on any atom is 0.318 e. The van der Waals surface area contributed by atoms with Gasteiger partial charge in [0.2, 0.25) is 0 Å². The molecular formula is C13H15ClN5O5S-. The van der Waals surface area contributed by atoms with Gasteiger partial charge in [0.25, 0.3) is 10.4 Å². The summed E-state index contributed by atoms with van der Waals surface area (Å²) in [6, 6.07) is 12.7. The van der Waals surface area contributed by atoms with Crippen LogP contribution < -0.4 is 11.5 Å². The van der Waals surface area contributed by atoms with Crippen molar-refractivity contribution < 1.29 is 21.9 Å². The molecule has 1 aromatic carbocycles. The van der Waals surface area contributed by atoms with Gasteiger partial charge in [-0.2, -0.15) is 5.11 Å². The number of benzene rings is 1. The minimum atomic E-state index is -4.82. The van der Waals surface area contributed by atoms with E-state index in [2.05, 4.69) is 19.4 Å². The average Bonchev–Trinajstić information content (AvgIpc) is 2.45. The van der Waals surface area contributed by atoms with E-state index in [0.717, 1.165) is 12.6 Å². The van der Waals surface area contributed by atoms with Crippen molar-refractivity contribution in [2.24, 2.45) is 10.2 Å². The van der Waals surface area contributed by atoms with Crippen molar-refractivity contribution in [3.8, 4) is 0 Å². The first-order valence-electron chi connectivity index (χ1n) is 6.32. The molecule has 0 aliphatic carbocycles. The van der Waals surface area contributed by atoms with Gasteiger partial charge in [-0.1, -0.05) is 18.2 Å². The Kier molecular flexibility index (Phi) is 9.05. The van der Waals surface area contributed by atoms with E-state index in [9.17, 15) is 17.8 Å². The van der Waals surface area contributed by atoms with E-state index in [1.54, 1.807) is 12.1 Å². The zero-order valence-corrected chi connectivity index (χ0v) is 14.5. The molecule has 0 unspecified atom stereocenters. The first-order valence-corrected chi connectivity index (χ1v) is 7.65. The van der Waals surface area contributed by atoms with Gasteiger partial charge >= 0.3 is 5.97 Å². The van der Waals surface area contributed by atoms with Gasteiger partial charge in [-0.25, -0.2) is 13.4 Å². The fourth-order valence-corrected chi connectivity index (χ4v) is 1.61. The molecule has 0 aliphatic heterocycles. The monoisotopic (exact) mass is 388 g/mol. The lowest BCUT2D eigenvalue weighted by Gasteiger charge is -2.02. The molecule has 1 aromatic heterocycles. The largest absolute Gasteiger partial charge is 0.716 e. The van der Waals surface area contributed by atoms with Crippen molar-refractivity contribution in [2.75, 3.05) is 11.5 Å². The van der Waals surface area contributed by atoms with Gasteiger partial charge < -0.3 is 20.2 Å². The number of hydrogen-bond donors (Lipinski definition) is 2. The maximum atomic E-state index is 9.66. The van der Waals surface area contributed by atoms with Crippen molar-refractivity contribution >= 4 is 51.8 Å². The van der Waals surface area contributed by atoms with Crippen LogP contribution in [0.2, 0.25) is 0 Å². The summed E-state index contributed by atoms with van der Waals surface area (Å²) in [5, 5.41) is 8.03. The lowest BCUT2D eigenvalue weighted by Crippen LogP contribution is -2.07. The molecule has 4 N–H and O–H groups in total. The Hall–Kier alpha value is -2.76. The van der Waals surface area contributed by atoms with Crippen LogP contribution in [0, 0.1) is 0 Å². The summed E-state index contributed by atoms with van der Waals surface area (Å²) in [7, 11) is -4.82. The minimum absolute atomic E-state index is 0. The van der Waals surface area contributed by atoms with Crippen molar-refractivity contribution in [3.63, 3.8) is 0 Å². The van der Waals surface area contributed by atoms with E-state index < -0.39 is 16.4 Å². The molecule has 0 radical (unpaired) electrons. The Labute approximate surface area is 150 Å². The molecule has 0 bridgehead atoms. The van der Waals surface area contributed by atoms with Crippen LogP contribution >= 0.6 is 12.4 Å². The van der Waals surface area contributed by atoms with Crippen LogP contribution in [0.25, 0.3) is 0 Å². The van der Waals surface area contributed by atoms with Gasteiger partial charge in [-0.3, -0.25) is 4.79 Å². The number of halogens is 1. The second kappa shape index (κ2) is 10.2. The number of aromatic nitrogens is 1. The summed E-state index contributed by atoms with van der Waals surface area (Å²) in [5.41, 5.74) is 12.4. The zero-order chi connectivity index (χ0) is 18.2. The summed E-state index contributed by atoms with van der Waals surface area (Å²) in [6.07, 6.45) is 0. The number of anilines is 2. The van der Waals surface area contributed by atoms with E-state index in [0.29, 0.717) is 11.5 Å². The molecule has 0 fully saturated rings. The first kappa shape index (κ1) is 22.2. The molecule has 12 heteroatoms. The molecule has 25 heavy (non-hydrogen) atoms. The van der Waals surface area contributed by atoms with E-state index in [4.69, 9.17) is 11.5 Å². The molecular weight excluding hydrogens is 374 g/mol. The first-order chi connectivity index (χ1) is 11.2. The van der Waals surface area contributed by atoms with Crippen LogP contribution in [0.1, 0.15) is 6.92 Å². The fraction of sp³-hybridized carbons (Fsp3) is 0.0769. The highest BCUT2D eigenvalue weighted by Crippen LogP contribution is 2.23. The van der Waals surface area contributed by atoms with Gasteiger partial charge in [0.15, 0.2) is 5.82 Å². The molecule has 0 atom stereocenters. The molecule has 0 spiro atoms. The Balaban J connectivity index is 0.000000552. The molecule has 0 aliphatic rings. The molecule has 0 saturated carbocycles. The summed E-state index contributed by atoms with van der Waals surface area (Å²) in [5.74, 6) is -0.476. The standard InChI is InChI=1S/C11H11N5.C2H4O5S.ClH/c12-10-7-6-9(11(13)14-10)16-15-8-4-2-1-3-5-8;1-2(3)7-8(4,5)6;/h1-7H,(H4,12,13,14);1H3,(H,4,5,6);1H/p-1. The number of nitrogens with two attached hydrogens (primary N) is 2. The maximum absolute atomic E-state index is 9.66. The molecule has 2 rings (SSSR count). The van der Waals surface area contributed by atoms with Crippen LogP contribution in [0.3, 0.4) is 0 Å². The Morgan fingerprint density at radius 2 is 1.72 bits per heavy atom. The lowest BCUT2D eigenvalue weighted by atomic mass is 10.3. The molecule has 136 valence electrons. The van der Waals surface area contributed by atoms with Gasteiger partial charge in [0.1, 0.15) is 11.5 Å². The topological polar surface area (TPSA) is 173 Å². The SMILES string of the molecule is CC(=O)OS(=O)(=O)[O-].Cl.Nc1ccc(N=Nc2ccccc2)c(N)n1. The number of nitrogen functional groups attached to an aromatic ring is 2. The predicted molar refractivity (Wildman–Crippen MR) is 92.4 cm³/mol. The van der Waals surface area contributed by atoms with Crippen molar-refractivity contribution in [1.29, 1.82) is 0 Å². The third-order valence-electron chi connectivity index (χ3n) is 2.17.